The summed E-state index contributed by atoms with van der Waals surface area (Å²) in [7, 11) is 0. The zero-order valence-corrected chi connectivity index (χ0v) is 7.33. The Morgan fingerprint density at radius 3 is 3.14 bits per heavy atom. The number of hydrogen-bond acceptors (Lipinski definition) is 4. The molecular weight excluding hydrogens is 178 g/mol. The van der Waals surface area contributed by atoms with Gasteiger partial charge in [0.05, 0.1) is 18.4 Å². The zero-order valence-electron chi connectivity index (χ0n) is 7.33. The first-order chi connectivity index (χ1) is 6.95. The molecule has 0 spiro atoms. The maximum absolute atomic E-state index is 4.24. The van der Waals surface area contributed by atoms with Crippen molar-refractivity contribution in [2.75, 3.05) is 0 Å². The number of aliphatic imine (C=N–C) groups is 1. The molecule has 0 N–H and O–H groups in total. The third-order valence-corrected chi connectivity index (χ3v) is 2.18. The first-order valence-corrected chi connectivity index (χ1v) is 4.31. The Morgan fingerprint density at radius 1 is 1.21 bits per heavy atom. The molecule has 0 bridgehead atoms. The van der Waals surface area contributed by atoms with Crippen molar-refractivity contribution in [1.29, 1.82) is 0 Å². The Morgan fingerprint density at radius 2 is 2.14 bits per heavy atom. The van der Waals surface area contributed by atoms with Gasteiger partial charge in [-0.15, -0.1) is 5.10 Å². The van der Waals surface area contributed by atoms with E-state index >= 15 is 0 Å². The van der Waals surface area contributed by atoms with Crippen molar-refractivity contribution in [3.05, 3.63) is 35.7 Å². The van der Waals surface area contributed by atoms with Gasteiger partial charge in [0.2, 0.25) is 0 Å². The van der Waals surface area contributed by atoms with Crippen molar-refractivity contribution in [1.82, 2.24) is 20.2 Å². The minimum absolute atomic E-state index is 0.668. The zero-order chi connectivity index (χ0) is 9.38. The summed E-state index contributed by atoms with van der Waals surface area (Å²) in [5, 5.41) is 11.4. The van der Waals surface area contributed by atoms with Crippen LogP contribution in [-0.4, -0.2) is 26.4 Å². The van der Waals surface area contributed by atoms with E-state index in [4.69, 9.17) is 0 Å². The molecule has 1 aliphatic rings. The number of para-hydroxylation sites is 1. The summed E-state index contributed by atoms with van der Waals surface area (Å²) >= 11 is 0. The molecule has 0 saturated heterocycles. The van der Waals surface area contributed by atoms with Gasteiger partial charge in [-0.05, 0) is 22.1 Å². The smallest absolute Gasteiger partial charge is 0.197 e. The number of hydrogen-bond donors (Lipinski definition) is 0. The number of nitrogens with zero attached hydrogens (tertiary/aromatic N) is 5. The van der Waals surface area contributed by atoms with Crippen molar-refractivity contribution in [2.45, 2.75) is 6.54 Å². The summed E-state index contributed by atoms with van der Waals surface area (Å²) in [5.74, 6) is 0.676. The lowest BCUT2D eigenvalue weighted by Crippen LogP contribution is -2.02. The van der Waals surface area contributed by atoms with Gasteiger partial charge in [0, 0.05) is 0 Å². The molecule has 0 fully saturated rings. The quantitative estimate of drug-likeness (QED) is 0.603. The second kappa shape index (κ2) is 2.73. The molecule has 0 amide bonds. The van der Waals surface area contributed by atoms with Crippen molar-refractivity contribution < 1.29 is 0 Å². The highest BCUT2D eigenvalue weighted by atomic mass is 15.5. The van der Waals surface area contributed by atoms with Gasteiger partial charge >= 0.3 is 0 Å². The lowest BCUT2D eigenvalue weighted by Gasteiger charge is -2.03. The molecule has 0 atom stereocenters. The number of aromatic nitrogens is 4. The van der Waals surface area contributed by atoms with Crippen LogP contribution in [0.2, 0.25) is 0 Å². The Kier molecular flexibility index (Phi) is 1.44. The van der Waals surface area contributed by atoms with E-state index in [-0.39, 0.29) is 0 Å². The highest BCUT2D eigenvalue weighted by Crippen LogP contribution is 2.16. The third-order valence-electron chi connectivity index (χ3n) is 2.18. The number of fused-ring (bicyclic) bond motifs is 3. The average Bonchev–Trinajstić information content (AvgIpc) is 2.61. The van der Waals surface area contributed by atoms with Crippen LogP contribution in [0.15, 0.2) is 29.3 Å². The van der Waals surface area contributed by atoms with Crippen LogP contribution in [0.5, 0.6) is 0 Å². The molecule has 1 aliphatic heterocycles. The first-order valence-electron chi connectivity index (χ1n) is 4.31. The van der Waals surface area contributed by atoms with E-state index in [0.29, 0.717) is 12.4 Å². The number of tetrazole rings is 1. The standard InChI is InChI=1S/C9H7N5/c1-2-4-8-7(3-1)5-10-6-9-11-12-13-14(8)9/h1-4,6H,5H2. The first kappa shape index (κ1) is 7.37. The van der Waals surface area contributed by atoms with Gasteiger partial charge in [-0.2, -0.15) is 4.68 Å². The van der Waals surface area contributed by atoms with Gasteiger partial charge < -0.3 is 0 Å². The highest BCUT2D eigenvalue weighted by Gasteiger charge is 2.12. The van der Waals surface area contributed by atoms with E-state index in [1.165, 1.54) is 0 Å². The maximum Gasteiger partial charge on any atom is 0.197 e. The summed E-state index contributed by atoms with van der Waals surface area (Å²) in [6.07, 6.45) is 1.69. The molecule has 0 saturated carbocycles. The molecule has 1 aromatic heterocycles. The van der Waals surface area contributed by atoms with Crippen LogP contribution in [-0.2, 0) is 6.54 Å². The predicted octanol–water partition coefficient (Wildman–Crippen LogP) is 0.595. The van der Waals surface area contributed by atoms with Crippen molar-refractivity contribution >= 4 is 6.21 Å². The molecule has 14 heavy (non-hydrogen) atoms. The van der Waals surface area contributed by atoms with Crippen LogP contribution < -0.4 is 0 Å². The molecule has 2 heterocycles. The summed E-state index contributed by atoms with van der Waals surface area (Å²) < 4.78 is 1.70. The number of benzene rings is 1. The van der Waals surface area contributed by atoms with Crippen LogP contribution in [0.4, 0.5) is 0 Å². The largest absolute Gasteiger partial charge is 0.284 e. The van der Waals surface area contributed by atoms with Crippen LogP contribution in [0.1, 0.15) is 11.4 Å². The SMILES string of the molecule is C1=NCc2ccccc2-n2nnnc21. The Balaban J connectivity index is 2.33. The normalized spacial score (nSPS) is 13.1. The fourth-order valence-electron chi connectivity index (χ4n) is 1.52. The maximum atomic E-state index is 4.24. The van der Waals surface area contributed by atoms with Crippen molar-refractivity contribution in [2.24, 2.45) is 4.99 Å². The van der Waals surface area contributed by atoms with Crippen LogP contribution in [0, 0.1) is 0 Å². The van der Waals surface area contributed by atoms with Gasteiger partial charge in [0.1, 0.15) is 0 Å². The summed E-state index contributed by atoms with van der Waals surface area (Å²) in [5.41, 5.74) is 2.14. The lowest BCUT2D eigenvalue weighted by molar-refractivity contribution is 0.782. The predicted molar refractivity (Wildman–Crippen MR) is 50.5 cm³/mol. The van der Waals surface area contributed by atoms with E-state index in [9.17, 15) is 0 Å². The number of rotatable bonds is 0. The molecule has 0 unspecified atom stereocenters. The van der Waals surface area contributed by atoms with Crippen LogP contribution in [0.25, 0.3) is 5.69 Å². The minimum atomic E-state index is 0.668. The summed E-state index contributed by atoms with van der Waals surface area (Å²) in [6.45, 7) is 0.668. The Labute approximate surface area is 80.1 Å². The molecule has 68 valence electrons. The minimum Gasteiger partial charge on any atom is -0.284 e. The van der Waals surface area contributed by atoms with Gasteiger partial charge in [-0.3, -0.25) is 4.99 Å². The molecule has 2 aromatic rings. The van der Waals surface area contributed by atoms with Crippen molar-refractivity contribution in [3.8, 4) is 5.69 Å². The Hall–Kier alpha value is -2.04. The molecule has 3 rings (SSSR count). The lowest BCUT2D eigenvalue weighted by atomic mass is 10.2. The second-order valence-electron chi connectivity index (χ2n) is 3.05. The van der Waals surface area contributed by atoms with E-state index in [1.807, 2.05) is 24.3 Å². The third kappa shape index (κ3) is 0.953. The molecule has 0 aliphatic carbocycles. The fourth-order valence-corrected chi connectivity index (χ4v) is 1.52. The monoisotopic (exact) mass is 185 g/mol. The fraction of sp³-hybridized carbons (Fsp3) is 0.111. The van der Waals surface area contributed by atoms with Gasteiger partial charge in [-0.1, -0.05) is 18.2 Å². The molecule has 1 aromatic carbocycles. The van der Waals surface area contributed by atoms with E-state index in [0.717, 1.165) is 11.3 Å². The second-order valence-corrected chi connectivity index (χ2v) is 3.05. The van der Waals surface area contributed by atoms with E-state index in [1.54, 1.807) is 10.9 Å². The van der Waals surface area contributed by atoms with Gasteiger partial charge in [0.25, 0.3) is 0 Å². The molecule has 5 nitrogen and oxygen atoms in total. The average molecular weight is 185 g/mol. The highest BCUT2D eigenvalue weighted by molar-refractivity contribution is 5.76. The molecule has 0 radical (unpaired) electrons. The molecular formula is C9H7N5. The van der Waals surface area contributed by atoms with Gasteiger partial charge in [-0.25, -0.2) is 0 Å². The summed E-state index contributed by atoms with van der Waals surface area (Å²) in [6, 6.07) is 7.98. The summed E-state index contributed by atoms with van der Waals surface area (Å²) in [4.78, 5) is 4.24. The van der Waals surface area contributed by atoms with Crippen LogP contribution >= 0.6 is 0 Å². The van der Waals surface area contributed by atoms with E-state index < -0.39 is 0 Å². The van der Waals surface area contributed by atoms with Crippen molar-refractivity contribution in [3.63, 3.8) is 0 Å². The van der Waals surface area contributed by atoms with Crippen LogP contribution in [0.3, 0.4) is 0 Å². The molecule has 5 heteroatoms. The van der Waals surface area contributed by atoms with Gasteiger partial charge in [0.15, 0.2) is 5.82 Å². The topological polar surface area (TPSA) is 56.0 Å². The van der Waals surface area contributed by atoms with E-state index in [2.05, 4.69) is 20.5 Å². The Bertz CT molecular complexity index is 499.